The number of sulfonamides is 1. The lowest BCUT2D eigenvalue weighted by molar-refractivity contribution is 0.0935. The predicted molar refractivity (Wildman–Crippen MR) is 120 cm³/mol. The van der Waals surface area contributed by atoms with Crippen molar-refractivity contribution >= 4 is 21.6 Å². The molecule has 0 spiro atoms. The maximum atomic E-state index is 13.0. The van der Waals surface area contributed by atoms with Gasteiger partial charge in [-0.3, -0.25) is 9.10 Å². The van der Waals surface area contributed by atoms with E-state index in [1.54, 1.807) is 36.4 Å². The molecule has 0 aliphatic carbocycles. The van der Waals surface area contributed by atoms with Crippen molar-refractivity contribution < 1.29 is 13.2 Å². The van der Waals surface area contributed by atoms with Crippen LogP contribution in [0.1, 0.15) is 40.9 Å². The first-order valence-corrected chi connectivity index (χ1v) is 11.3. The minimum absolute atomic E-state index is 0.0745. The van der Waals surface area contributed by atoms with Crippen LogP contribution in [0.4, 0.5) is 5.69 Å². The van der Waals surface area contributed by atoms with Crippen molar-refractivity contribution in [3.05, 3.63) is 95.6 Å². The van der Waals surface area contributed by atoms with Gasteiger partial charge in [-0.15, -0.1) is 0 Å². The normalized spacial score (nSPS) is 12.2. The van der Waals surface area contributed by atoms with Crippen molar-refractivity contribution in [3.63, 3.8) is 0 Å². The van der Waals surface area contributed by atoms with E-state index in [4.69, 9.17) is 0 Å². The number of rotatable bonds is 7. The van der Waals surface area contributed by atoms with Gasteiger partial charge in [-0.25, -0.2) is 8.42 Å². The number of nitrogens with one attached hydrogen (secondary N) is 1. The predicted octanol–water partition coefficient (Wildman–Crippen LogP) is 4.70. The molecule has 0 aromatic heterocycles. The number of amides is 1. The second kappa shape index (κ2) is 9.13. The number of para-hydroxylation sites is 1. The number of carbonyl (C=O) groups excluding carboxylic acids is 1. The van der Waals surface area contributed by atoms with E-state index < -0.39 is 10.0 Å². The highest BCUT2D eigenvalue weighted by molar-refractivity contribution is 7.92. The molecule has 0 saturated carbocycles. The van der Waals surface area contributed by atoms with Gasteiger partial charge in [-0.2, -0.15) is 0 Å². The van der Waals surface area contributed by atoms with Gasteiger partial charge in [0.15, 0.2) is 0 Å². The third-order valence-corrected chi connectivity index (χ3v) is 6.93. The zero-order valence-corrected chi connectivity index (χ0v) is 18.2. The molecule has 3 rings (SSSR count). The second-order valence-electron chi connectivity index (χ2n) is 7.13. The van der Waals surface area contributed by atoms with E-state index in [9.17, 15) is 13.2 Å². The van der Waals surface area contributed by atoms with Crippen LogP contribution in [0.2, 0.25) is 0 Å². The van der Waals surface area contributed by atoms with Gasteiger partial charge < -0.3 is 5.32 Å². The van der Waals surface area contributed by atoms with Gasteiger partial charge in [0, 0.05) is 12.6 Å². The van der Waals surface area contributed by atoms with Crippen molar-refractivity contribution in [3.8, 4) is 0 Å². The first kappa shape index (κ1) is 21.6. The molecular weight excluding hydrogens is 396 g/mol. The lowest BCUT2D eigenvalue weighted by atomic mass is 9.99. The van der Waals surface area contributed by atoms with Crippen LogP contribution < -0.4 is 9.62 Å². The van der Waals surface area contributed by atoms with E-state index in [2.05, 4.69) is 5.32 Å². The highest BCUT2D eigenvalue weighted by Gasteiger charge is 2.23. The molecule has 3 aromatic rings. The minimum atomic E-state index is -3.79. The molecule has 0 fully saturated rings. The monoisotopic (exact) mass is 422 g/mol. The van der Waals surface area contributed by atoms with E-state index >= 15 is 0 Å². The van der Waals surface area contributed by atoms with Gasteiger partial charge in [-0.05, 0) is 54.8 Å². The van der Waals surface area contributed by atoms with Gasteiger partial charge in [0.25, 0.3) is 15.9 Å². The average Bonchev–Trinajstić information content (AvgIpc) is 2.78. The standard InChI is InChI=1S/C24H26N2O3S/c1-4-23(22-16-9-8-11-18(22)2)25-24(27)19-12-10-15-21(17-19)30(28,29)26(3)20-13-6-5-7-14-20/h5-17,23H,4H2,1-3H3,(H,25,27). The summed E-state index contributed by atoms with van der Waals surface area (Å²) in [7, 11) is -2.28. The maximum Gasteiger partial charge on any atom is 0.264 e. The van der Waals surface area contributed by atoms with Crippen LogP contribution in [0.15, 0.2) is 83.8 Å². The summed E-state index contributed by atoms with van der Waals surface area (Å²) in [6.45, 7) is 4.02. The highest BCUT2D eigenvalue weighted by Crippen LogP contribution is 2.24. The summed E-state index contributed by atoms with van der Waals surface area (Å²) < 4.78 is 27.3. The number of anilines is 1. The van der Waals surface area contributed by atoms with E-state index in [1.807, 2.05) is 44.2 Å². The Morgan fingerprint density at radius 3 is 2.30 bits per heavy atom. The summed E-state index contributed by atoms with van der Waals surface area (Å²) in [6.07, 6.45) is 0.728. The summed E-state index contributed by atoms with van der Waals surface area (Å²) in [5.74, 6) is -0.301. The molecule has 0 radical (unpaired) electrons. The van der Waals surface area contributed by atoms with Crippen LogP contribution in [0, 0.1) is 6.92 Å². The number of aryl methyl sites for hydroxylation is 1. The SMILES string of the molecule is CCC(NC(=O)c1cccc(S(=O)(=O)N(C)c2ccccc2)c1)c1ccccc1C. The molecule has 1 amide bonds. The first-order chi connectivity index (χ1) is 14.3. The molecule has 156 valence electrons. The molecule has 1 unspecified atom stereocenters. The first-order valence-electron chi connectivity index (χ1n) is 9.85. The van der Waals surface area contributed by atoms with Crippen LogP contribution >= 0.6 is 0 Å². The third kappa shape index (κ3) is 4.54. The Balaban J connectivity index is 1.86. The molecule has 30 heavy (non-hydrogen) atoms. The summed E-state index contributed by atoms with van der Waals surface area (Å²) in [5, 5.41) is 3.03. The molecular formula is C24H26N2O3S. The average molecular weight is 423 g/mol. The van der Waals surface area contributed by atoms with E-state index in [0.29, 0.717) is 11.3 Å². The zero-order valence-electron chi connectivity index (χ0n) is 17.4. The number of hydrogen-bond donors (Lipinski definition) is 1. The largest absolute Gasteiger partial charge is 0.345 e. The number of benzene rings is 3. The fourth-order valence-electron chi connectivity index (χ4n) is 3.35. The van der Waals surface area contributed by atoms with Crippen molar-refractivity contribution in [2.45, 2.75) is 31.2 Å². The van der Waals surface area contributed by atoms with E-state index in [0.717, 1.165) is 17.5 Å². The maximum absolute atomic E-state index is 13.0. The zero-order chi connectivity index (χ0) is 21.7. The van der Waals surface area contributed by atoms with Gasteiger partial charge >= 0.3 is 0 Å². The summed E-state index contributed by atoms with van der Waals surface area (Å²) in [6, 6.07) is 22.8. The topological polar surface area (TPSA) is 66.5 Å². The molecule has 1 N–H and O–H groups in total. The van der Waals surface area contributed by atoms with Gasteiger partial charge in [0.2, 0.25) is 0 Å². The smallest absolute Gasteiger partial charge is 0.264 e. The lowest BCUT2D eigenvalue weighted by Gasteiger charge is -2.21. The summed E-state index contributed by atoms with van der Waals surface area (Å²) >= 11 is 0. The molecule has 5 nitrogen and oxygen atoms in total. The Morgan fingerprint density at radius 1 is 0.967 bits per heavy atom. The fraction of sp³-hybridized carbons (Fsp3) is 0.208. The molecule has 3 aromatic carbocycles. The number of carbonyl (C=O) groups is 1. The Hall–Kier alpha value is -3.12. The van der Waals surface area contributed by atoms with Crippen LogP contribution in [-0.4, -0.2) is 21.4 Å². The summed E-state index contributed by atoms with van der Waals surface area (Å²) in [4.78, 5) is 13.0. The molecule has 0 aliphatic heterocycles. The van der Waals surface area contributed by atoms with Gasteiger partial charge in [0.05, 0.1) is 16.6 Å². The number of hydrogen-bond acceptors (Lipinski definition) is 3. The number of nitrogens with zero attached hydrogens (tertiary/aromatic N) is 1. The van der Waals surface area contributed by atoms with Gasteiger partial charge in [-0.1, -0.05) is 55.5 Å². The molecule has 0 aliphatic rings. The van der Waals surface area contributed by atoms with Crippen molar-refractivity contribution in [2.24, 2.45) is 0 Å². The Bertz CT molecular complexity index is 1130. The minimum Gasteiger partial charge on any atom is -0.345 e. The van der Waals surface area contributed by atoms with E-state index in [-0.39, 0.29) is 16.8 Å². The van der Waals surface area contributed by atoms with Gasteiger partial charge in [0.1, 0.15) is 0 Å². The second-order valence-corrected chi connectivity index (χ2v) is 9.10. The van der Waals surface area contributed by atoms with Crippen molar-refractivity contribution in [1.29, 1.82) is 0 Å². The van der Waals surface area contributed by atoms with Crippen LogP contribution in [0.25, 0.3) is 0 Å². The molecule has 0 heterocycles. The third-order valence-electron chi connectivity index (χ3n) is 5.15. The van der Waals surface area contributed by atoms with Crippen molar-refractivity contribution in [2.75, 3.05) is 11.4 Å². The fourth-order valence-corrected chi connectivity index (χ4v) is 4.59. The molecule has 1 atom stereocenters. The molecule has 0 saturated heterocycles. The van der Waals surface area contributed by atoms with Crippen LogP contribution in [0.5, 0.6) is 0 Å². The van der Waals surface area contributed by atoms with Crippen LogP contribution in [0.3, 0.4) is 0 Å². The Labute approximate surface area is 178 Å². The highest BCUT2D eigenvalue weighted by atomic mass is 32.2. The molecule has 0 bridgehead atoms. The quantitative estimate of drug-likeness (QED) is 0.600. The Morgan fingerprint density at radius 2 is 1.63 bits per heavy atom. The van der Waals surface area contributed by atoms with Crippen LogP contribution in [-0.2, 0) is 10.0 Å². The Kier molecular flexibility index (Phi) is 6.57. The summed E-state index contributed by atoms with van der Waals surface area (Å²) in [5.41, 5.74) is 3.02. The lowest BCUT2D eigenvalue weighted by Crippen LogP contribution is -2.29. The molecule has 6 heteroatoms. The van der Waals surface area contributed by atoms with Crippen molar-refractivity contribution in [1.82, 2.24) is 5.32 Å². The van der Waals surface area contributed by atoms with E-state index in [1.165, 1.54) is 23.5 Å².